The van der Waals surface area contributed by atoms with Crippen LogP contribution in [0.4, 0.5) is 0 Å². The lowest BCUT2D eigenvalue weighted by molar-refractivity contribution is 0.0323. The van der Waals surface area contributed by atoms with Gasteiger partial charge in [0, 0.05) is 18.1 Å². The highest BCUT2D eigenvalue weighted by Gasteiger charge is 2.37. The van der Waals surface area contributed by atoms with Gasteiger partial charge in [0.2, 0.25) is 0 Å². The van der Waals surface area contributed by atoms with Crippen LogP contribution in [0.15, 0.2) is 0 Å². The van der Waals surface area contributed by atoms with Crippen LogP contribution in [0.25, 0.3) is 0 Å². The van der Waals surface area contributed by atoms with Crippen molar-refractivity contribution in [3.05, 3.63) is 0 Å². The van der Waals surface area contributed by atoms with E-state index in [0.29, 0.717) is 0 Å². The maximum Gasteiger partial charge on any atom is 0.0334 e. The van der Waals surface area contributed by atoms with Crippen LogP contribution in [0.2, 0.25) is 0 Å². The largest absolute Gasteiger partial charge is 0.329 e. The van der Waals surface area contributed by atoms with Crippen LogP contribution in [0.5, 0.6) is 0 Å². The zero-order chi connectivity index (χ0) is 13.4. The van der Waals surface area contributed by atoms with Crippen LogP contribution >= 0.6 is 0 Å². The number of likely N-dealkylation sites (tertiary alicyclic amines) is 1. The van der Waals surface area contributed by atoms with Crippen molar-refractivity contribution in [1.29, 1.82) is 0 Å². The third-order valence-corrected chi connectivity index (χ3v) is 4.77. The Morgan fingerprint density at radius 3 is 2.22 bits per heavy atom. The van der Waals surface area contributed by atoms with Gasteiger partial charge in [-0.3, -0.25) is 4.90 Å². The first-order valence-corrected chi connectivity index (χ1v) is 8.20. The molecule has 1 saturated heterocycles. The minimum Gasteiger partial charge on any atom is -0.329 e. The molecule has 0 aromatic heterocycles. The highest BCUT2D eigenvalue weighted by Crippen LogP contribution is 2.33. The first-order valence-electron chi connectivity index (χ1n) is 8.20. The molecule has 1 unspecified atom stereocenters. The smallest absolute Gasteiger partial charge is 0.0334 e. The molecule has 0 aromatic carbocycles. The van der Waals surface area contributed by atoms with Crippen molar-refractivity contribution in [2.24, 2.45) is 5.73 Å². The molecule has 2 heteroatoms. The first-order chi connectivity index (χ1) is 8.74. The summed E-state index contributed by atoms with van der Waals surface area (Å²) in [4.78, 5) is 2.81. The molecule has 0 spiro atoms. The predicted octanol–water partition coefficient (Wildman–Crippen LogP) is 3.94. The molecule has 2 nitrogen and oxygen atoms in total. The summed E-state index contributed by atoms with van der Waals surface area (Å²) in [6.45, 7) is 9.07. The van der Waals surface area contributed by atoms with Crippen molar-refractivity contribution in [3.63, 3.8) is 0 Å². The molecule has 0 aliphatic carbocycles. The van der Waals surface area contributed by atoms with E-state index >= 15 is 0 Å². The van der Waals surface area contributed by atoms with Crippen molar-refractivity contribution >= 4 is 0 Å². The van der Waals surface area contributed by atoms with E-state index in [1.54, 1.807) is 0 Å². The monoisotopic (exact) mass is 254 g/mol. The molecule has 108 valence electrons. The third kappa shape index (κ3) is 3.71. The van der Waals surface area contributed by atoms with Crippen molar-refractivity contribution < 1.29 is 0 Å². The molecule has 1 aliphatic heterocycles. The predicted molar refractivity (Wildman–Crippen MR) is 80.9 cm³/mol. The summed E-state index contributed by atoms with van der Waals surface area (Å²) in [6.07, 6.45) is 11.9. The van der Waals surface area contributed by atoms with E-state index < -0.39 is 0 Å². The summed E-state index contributed by atoms with van der Waals surface area (Å²) >= 11 is 0. The van der Waals surface area contributed by atoms with Crippen molar-refractivity contribution in [3.8, 4) is 0 Å². The Labute approximate surface area is 114 Å². The van der Waals surface area contributed by atoms with E-state index in [1.165, 1.54) is 64.3 Å². The average molecular weight is 254 g/mol. The van der Waals surface area contributed by atoms with E-state index in [-0.39, 0.29) is 5.54 Å². The lowest BCUT2D eigenvalue weighted by Crippen LogP contribution is -2.57. The van der Waals surface area contributed by atoms with Gasteiger partial charge in [0.1, 0.15) is 0 Å². The molecule has 1 heterocycles. The van der Waals surface area contributed by atoms with E-state index in [2.05, 4.69) is 25.7 Å². The van der Waals surface area contributed by atoms with Gasteiger partial charge in [-0.05, 0) is 38.6 Å². The Balaban J connectivity index is 2.90. The zero-order valence-electron chi connectivity index (χ0n) is 12.9. The van der Waals surface area contributed by atoms with E-state index in [9.17, 15) is 0 Å². The molecular weight excluding hydrogens is 220 g/mol. The molecule has 0 aromatic rings. The van der Waals surface area contributed by atoms with Gasteiger partial charge in [0.15, 0.2) is 0 Å². The molecule has 1 aliphatic rings. The maximum absolute atomic E-state index is 6.24. The molecule has 0 radical (unpaired) electrons. The third-order valence-electron chi connectivity index (χ3n) is 4.77. The normalized spacial score (nSPS) is 23.0. The second kappa shape index (κ2) is 8.16. The van der Waals surface area contributed by atoms with E-state index in [0.717, 1.165) is 12.6 Å². The molecule has 1 fully saturated rings. The molecule has 2 N–H and O–H groups in total. The van der Waals surface area contributed by atoms with Crippen molar-refractivity contribution in [1.82, 2.24) is 4.90 Å². The lowest BCUT2D eigenvalue weighted by Gasteiger charge is -2.47. The molecule has 18 heavy (non-hydrogen) atoms. The second-order valence-electron chi connectivity index (χ2n) is 6.03. The summed E-state index contributed by atoms with van der Waals surface area (Å²) in [5, 5.41) is 0. The fourth-order valence-corrected chi connectivity index (χ4v) is 3.89. The highest BCUT2D eigenvalue weighted by molar-refractivity contribution is 4.95. The van der Waals surface area contributed by atoms with Crippen LogP contribution in [0.1, 0.15) is 78.6 Å². The molecule has 1 rings (SSSR count). The topological polar surface area (TPSA) is 29.3 Å². The number of nitrogens with zero attached hydrogens (tertiary/aromatic N) is 1. The quantitative estimate of drug-likeness (QED) is 0.745. The number of nitrogens with two attached hydrogens (primary N) is 1. The van der Waals surface area contributed by atoms with Gasteiger partial charge in [0.05, 0.1) is 0 Å². The molecule has 0 saturated carbocycles. The first kappa shape index (κ1) is 16.0. The van der Waals surface area contributed by atoms with Gasteiger partial charge in [-0.25, -0.2) is 0 Å². The number of hydrogen-bond acceptors (Lipinski definition) is 2. The van der Waals surface area contributed by atoms with Gasteiger partial charge in [-0.15, -0.1) is 0 Å². The van der Waals surface area contributed by atoms with E-state index in [4.69, 9.17) is 5.73 Å². The Hall–Kier alpha value is -0.0800. The number of hydrogen-bond donors (Lipinski definition) is 1. The van der Waals surface area contributed by atoms with Crippen LogP contribution < -0.4 is 5.73 Å². The molecule has 0 bridgehead atoms. The highest BCUT2D eigenvalue weighted by atomic mass is 15.2. The standard InChI is InChI=1S/C16H34N2/c1-4-11-16(14-17,12-5-2)18-13-9-7-8-10-15(18)6-3/h15H,4-14,17H2,1-3H3. The summed E-state index contributed by atoms with van der Waals surface area (Å²) in [5.74, 6) is 0. The van der Waals surface area contributed by atoms with Crippen molar-refractivity contribution in [2.75, 3.05) is 13.1 Å². The van der Waals surface area contributed by atoms with Crippen LogP contribution in [-0.4, -0.2) is 29.6 Å². The Bertz CT molecular complexity index is 209. The van der Waals surface area contributed by atoms with Gasteiger partial charge in [-0.1, -0.05) is 46.5 Å². The fourth-order valence-electron chi connectivity index (χ4n) is 3.89. The maximum atomic E-state index is 6.24. The summed E-state index contributed by atoms with van der Waals surface area (Å²) in [6, 6.07) is 0.772. The van der Waals surface area contributed by atoms with Crippen LogP contribution in [0.3, 0.4) is 0 Å². The summed E-state index contributed by atoms with van der Waals surface area (Å²) < 4.78 is 0. The fraction of sp³-hybridized carbons (Fsp3) is 1.00. The Morgan fingerprint density at radius 1 is 1.06 bits per heavy atom. The van der Waals surface area contributed by atoms with Crippen molar-refractivity contribution in [2.45, 2.75) is 90.1 Å². The summed E-state index contributed by atoms with van der Waals surface area (Å²) in [7, 11) is 0. The average Bonchev–Trinajstić information content (AvgIpc) is 2.63. The zero-order valence-corrected chi connectivity index (χ0v) is 12.9. The van der Waals surface area contributed by atoms with Crippen LogP contribution in [0, 0.1) is 0 Å². The molecule has 0 amide bonds. The second-order valence-corrected chi connectivity index (χ2v) is 6.03. The minimum atomic E-state index is 0.286. The lowest BCUT2D eigenvalue weighted by atomic mass is 9.84. The Morgan fingerprint density at radius 2 is 1.72 bits per heavy atom. The summed E-state index contributed by atoms with van der Waals surface area (Å²) in [5.41, 5.74) is 6.52. The molecular formula is C16H34N2. The Kier molecular flexibility index (Phi) is 7.25. The molecule has 1 atom stereocenters. The van der Waals surface area contributed by atoms with Gasteiger partial charge < -0.3 is 5.73 Å². The SMILES string of the molecule is CCCC(CN)(CCC)N1CCCCCC1CC. The van der Waals surface area contributed by atoms with Crippen LogP contribution in [-0.2, 0) is 0 Å². The van der Waals surface area contributed by atoms with Gasteiger partial charge >= 0.3 is 0 Å². The van der Waals surface area contributed by atoms with E-state index in [1.807, 2.05) is 0 Å². The van der Waals surface area contributed by atoms with Gasteiger partial charge in [-0.2, -0.15) is 0 Å². The minimum absolute atomic E-state index is 0.286. The number of rotatable bonds is 7. The van der Waals surface area contributed by atoms with Gasteiger partial charge in [0.25, 0.3) is 0 Å².